The Bertz CT molecular complexity index is 1610. The summed E-state index contributed by atoms with van der Waals surface area (Å²) in [6.45, 7) is 1.31. The molecule has 0 aliphatic carbocycles. The van der Waals surface area contributed by atoms with Gasteiger partial charge in [0.05, 0.1) is 29.6 Å². The van der Waals surface area contributed by atoms with Crippen LogP contribution in [0.1, 0.15) is 17.0 Å². The van der Waals surface area contributed by atoms with Crippen molar-refractivity contribution in [3.05, 3.63) is 120 Å². The molecule has 1 saturated heterocycles. The van der Waals surface area contributed by atoms with Gasteiger partial charge in [-0.1, -0.05) is 78.9 Å². The second-order valence-corrected chi connectivity index (χ2v) is 9.41. The molecule has 2 N–H and O–H groups in total. The highest BCUT2D eigenvalue weighted by molar-refractivity contribution is 5.86. The molecule has 0 radical (unpaired) electrons. The monoisotopic (exact) mass is 470 g/mol. The van der Waals surface area contributed by atoms with Crippen molar-refractivity contribution in [1.82, 2.24) is 15.3 Å². The Kier molecular flexibility index (Phi) is 5.05. The standard InChI is InChI=1S/C31H26N4O/c1-4-10-24-21(7-1)17-18-32-29(24)31(28-16-14-23-9-3-6-12-26(23)35-28)30(36-20-19-33-31)27-15-13-22-8-2-5-11-25(22)34-27/h1-18,27,30,33-34H,19-20H2. The zero-order valence-electron chi connectivity index (χ0n) is 19.8. The molecule has 0 spiro atoms. The number of fused-ring (bicyclic) bond motifs is 3. The Morgan fingerprint density at radius 2 is 1.67 bits per heavy atom. The molecule has 4 heterocycles. The number of aromatic nitrogens is 2. The number of nitrogens with zero attached hydrogens (tertiary/aromatic N) is 2. The molecule has 5 nitrogen and oxygen atoms in total. The number of pyridine rings is 2. The molecular formula is C31H26N4O. The van der Waals surface area contributed by atoms with Crippen LogP contribution in [-0.2, 0) is 10.3 Å². The predicted molar refractivity (Wildman–Crippen MR) is 145 cm³/mol. The summed E-state index contributed by atoms with van der Waals surface area (Å²) in [7, 11) is 0. The first-order valence-corrected chi connectivity index (χ1v) is 12.4. The minimum absolute atomic E-state index is 0.0817. The summed E-state index contributed by atoms with van der Waals surface area (Å²) >= 11 is 0. The molecule has 36 heavy (non-hydrogen) atoms. The molecular weight excluding hydrogens is 444 g/mol. The lowest BCUT2D eigenvalue weighted by molar-refractivity contribution is -0.0426. The quantitative estimate of drug-likeness (QED) is 0.364. The van der Waals surface area contributed by atoms with Crippen molar-refractivity contribution in [3.63, 3.8) is 0 Å². The predicted octanol–water partition coefficient (Wildman–Crippen LogP) is 5.52. The number of anilines is 1. The molecule has 2 aromatic heterocycles. The maximum atomic E-state index is 6.66. The summed E-state index contributed by atoms with van der Waals surface area (Å²) in [5.41, 5.74) is 4.31. The molecule has 0 bridgehead atoms. The van der Waals surface area contributed by atoms with Gasteiger partial charge in [0.1, 0.15) is 11.6 Å². The molecule has 3 unspecified atom stereocenters. The lowest BCUT2D eigenvalue weighted by atomic mass is 9.77. The zero-order chi connectivity index (χ0) is 24.0. The maximum Gasteiger partial charge on any atom is 0.133 e. The molecule has 176 valence electrons. The molecule has 2 aliphatic heterocycles. The second kappa shape index (κ2) is 8.55. The molecule has 5 heteroatoms. The molecule has 2 aliphatic rings. The molecule has 7 rings (SSSR count). The number of ether oxygens (including phenoxy) is 1. The van der Waals surface area contributed by atoms with Crippen molar-refractivity contribution in [2.45, 2.75) is 17.7 Å². The molecule has 3 atom stereocenters. The highest BCUT2D eigenvalue weighted by Crippen LogP contribution is 2.41. The SMILES string of the molecule is C1=CC(C2OCCNC2(c2ccc3ccccc3n2)c2nccc3ccccc23)Nc2ccccc21. The van der Waals surface area contributed by atoms with Crippen LogP contribution < -0.4 is 10.6 Å². The minimum Gasteiger partial charge on any atom is -0.376 e. The normalized spacial score (nSPS) is 23.3. The fraction of sp³-hybridized carbons (Fsp3) is 0.161. The summed E-state index contributed by atoms with van der Waals surface area (Å²) in [6.07, 6.45) is 6.00. The van der Waals surface area contributed by atoms with E-state index in [-0.39, 0.29) is 12.1 Å². The van der Waals surface area contributed by atoms with Gasteiger partial charge in [0, 0.05) is 29.2 Å². The Morgan fingerprint density at radius 1 is 0.833 bits per heavy atom. The van der Waals surface area contributed by atoms with E-state index in [0.717, 1.165) is 38.8 Å². The van der Waals surface area contributed by atoms with Crippen molar-refractivity contribution in [2.75, 3.05) is 18.5 Å². The largest absolute Gasteiger partial charge is 0.376 e. The van der Waals surface area contributed by atoms with Crippen molar-refractivity contribution >= 4 is 33.4 Å². The summed E-state index contributed by atoms with van der Waals surface area (Å²) in [5.74, 6) is 0. The highest BCUT2D eigenvalue weighted by atomic mass is 16.5. The Balaban J connectivity index is 1.48. The first-order valence-electron chi connectivity index (χ1n) is 12.4. The smallest absolute Gasteiger partial charge is 0.133 e. The van der Waals surface area contributed by atoms with Gasteiger partial charge in [0.2, 0.25) is 0 Å². The van der Waals surface area contributed by atoms with Gasteiger partial charge in [-0.25, -0.2) is 0 Å². The fourth-order valence-corrected chi connectivity index (χ4v) is 5.71. The molecule has 0 amide bonds. The van der Waals surface area contributed by atoms with Crippen LogP contribution in [0.15, 0.2) is 103 Å². The van der Waals surface area contributed by atoms with Crippen LogP contribution in [0.2, 0.25) is 0 Å². The van der Waals surface area contributed by atoms with Crippen LogP contribution in [0.3, 0.4) is 0 Å². The van der Waals surface area contributed by atoms with Gasteiger partial charge < -0.3 is 10.1 Å². The molecule has 1 fully saturated rings. The summed E-state index contributed by atoms with van der Waals surface area (Å²) in [4.78, 5) is 10.2. The Labute approximate surface area is 209 Å². The highest BCUT2D eigenvalue weighted by Gasteiger charge is 2.51. The third-order valence-electron chi connectivity index (χ3n) is 7.37. The molecule has 3 aromatic carbocycles. The first kappa shape index (κ1) is 21.2. The van der Waals surface area contributed by atoms with Gasteiger partial charge in [-0.3, -0.25) is 15.3 Å². The number of rotatable bonds is 3. The van der Waals surface area contributed by atoms with E-state index in [1.54, 1.807) is 0 Å². The van der Waals surface area contributed by atoms with E-state index in [9.17, 15) is 0 Å². The summed E-state index contributed by atoms with van der Waals surface area (Å²) in [6, 6.07) is 31.3. The van der Waals surface area contributed by atoms with Crippen LogP contribution in [-0.4, -0.2) is 35.3 Å². The van der Waals surface area contributed by atoms with Crippen LogP contribution in [0.5, 0.6) is 0 Å². The van der Waals surface area contributed by atoms with Crippen LogP contribution in [0.25, 0.3) is 27.8 Å². The number of benzene rings is 3. The van der Waals surface area contributed by atoms with Crippen molar-refractivity contribution < 1.29 is 4.74 Å². The first-order chi connectivity index (χ1) is 17.8. The fourth-order valence-electron chi connectivity index (χ4n) is 5.71. The lowest BCUT2D eigenvalue weighted by Crippen LogP contribution is -2.64. The van der Waals surface area contributed by atoms with Crippen LogP contribution >= 0.6 is 0 Å². The van der Waals surface area contributed by atoms with Gasteiger partial charge in [-0.05, 0) is 35.2 Å². The van der Waals surface area contributed by atoms with E-state index in [2.05, 4.69) is 102 Å². The van der Waals surface area contributed by atoms with E-state index in [1.165, 1.54) is 5.56 Å². The number of nitrogens with one attached hydrogen (secondary N) is 2. The van der Waals surface area contributed by atoms with Crippen molar-refractivity contribution in [1.29, 1.82) is 0 Å². The van der Waals surface area contributed by atoms with Gasteiger partial charge in [-0.2, -0.15) is 0 Å². The lowest BCUT2D eigenvalue weighted by Gasteiger charge is -2.47. The third kappa shape index (κ3) is 3.32. The Morgan fingerprint density at radius 3 is 2.64 bits per heavy atom. The minimum atomic E-state index is -0.766. The maximum absolute atomic E-state index is 6.66. The van der Waals surface area contributed by atoms with E-state index in [1.807, 2.05) is 18.3 Å². The van der Waals surface area contributed by atoms with Gasteiger partial charge in [0.15, 0.2) is 0 Å². The molecule has 5 aromatic rings. The van der Waals surface area contributed by atoms with Gasteiger partial charge in [0.25, 0.3) is 0 Å². The van der Waals surface area contributed by atoms with Crippen LogP contribution in [0.4, 0.5) is 5.69 Å². The van der Waals surface area contributed by atoms with E-state index >= 15 is 0 Å². The van der Waals surface area contributed by atoms with E-state index < -0.39 is 5.54 Å². The Hall–Kier alpha value is -4.06. The third-order valence-corrected chi connectivity index (χ3v) is 7.37. The van der Waals surface area contributed by atoms with E-state index in [0.29, 0.717) is 13.2 Å². The average Bonchev–Trinajstić information content (AvgIpc) is 2.96. The van der Waals surface area contributed by atoms with Crippen molar-refractivity contribution in [3.8, 4) is 0 Å². The number of para-hydroxylation sites is 2. The van der Waals surface area contributed by atoms with Gasteiger partial charge >= 0.3 is 0 Å². The molecule has 0 saturated carbocycles. The van der Waals surface area contributed by atoms with Crippen LogP contribution in [0, 0.1) is 0 Å². The topological polar surface area (TPSA) is 59.1 Å². The van der Waals surface area contributed by atoms with Gasteiger partial charge in [-0.15, -0.1) is 0 Å². The average molecular weight is 471 g/mol. The number of hydrogen-bond acceptors (Lipinski definition) is 5. The summed E-state index contributed by atoms with van der Waals surface area (Å²) in [5, 5.41) is 11.0. The van der Waals surface area contributed by atoms with Crippen molar-refractivity contribution in [2.24, 2.45) is 0 Å². The summed E-state index contributed by atoms with van der Waals surface area (Å²) < 4.78 is 6.66. The second-order valence-electron chi connectivity index (χ2n) is 9.41. The number of morpholine rings is 1. The number of hydrogen-bond donors (Lipinski definition) is 2. The van der Waals surface area contributed by atoms with E-state index in [4.69, 9.17) is 14.7 Å². The zero-order valence-corrected chi connectivity index (χ0v) is 19.8.